The highest BCUT2D eigenvalue weighted by Gasteiger charge is 2.13. The van der Waals surface area contributed by atoms with Gasteiger partial charge >= 0.3 is 5.97 Å². The minimum atomic E-state index is -0.879. The van der Waals surface area contributed by atoms with Gasteiger partial charge in [0, 0.05) is 59.3 Å². The first-order valence-corrected chi connectivity index (χ1v) is 13.4. The number of nitrogens with zero attached hydrogens (tertiary/aromatic N) is 3. The summed E-state index contributed by atoms with van der Waals surface area (Å²) in [5, 5.41) is 10.5. The number of para-hydroxylation sites is 1. The number of amidine groups is 1. The Morgan fingerprint density at radius 2 is 1.75 bits per heavy atom. The van der Waals surface area contributed by atoms with Crippen molar-refractivity contribution in [2.45, 2.75) is 24.3 Å². The van der Waals surface area contributed by atoms with Crippen molar-refractivity contribution >= 4 is 46.1 Å². The first-order chi connectivity index (χ1) is 17.5. The fourth-order valence-corrected chi connectivity index (χ4v) is 5.21. The molecule has 2 heterocycles. The molecule has 0 unspecified atom stereocenters. The second-order valence-electron chi connectivity index (χ2n) is 8.61. The van der Waals surface area contributed by atoms with E-state index < -0.39 is 5.97 Å². The van der Waals surface area contributed by atoms with Gasteiger partial charge in [-0.1, -0.05) is 60.1 Å². The van der Waals surface area contributed by atoms with Crippen LogP contribution in [0.3, 0.4) is 0 Å². The Bertz CT molecular complexity index is 1320. The smallest absolute Gasteiger partial charge is 0.335 e. The maximum Gasteiger partial charge on any atom is 0.335 e. The van der Waals surface area contributed by atoms with E-state index in [1.807, 2.05) is 23.9 Å². The molecule has 0 amide bonds. The SMILES string of the molecule is CN1CCC/C1=N\CCSc1cn(Cc2ccc(Cl)cc2)c2ccccc12.O=C(O)c1ccccc1. The molecule has 0 radical (unpaired) electrons. The van der Waals surface area contributed by atoms with Gasteiger partial charge in [0.05, 0.1) is 17.9 Å². The third kappa shape index (κ3) is 6.93. The molecular weight excluding hydrogens is 490 g/mol. The van der Waals surface area contributed by atoms with Crippen molar-refractivity contribution in [3.63, 3.8) is 0 Å². The fraction of sp³-hybridized carbons (Fsp3) is 0.241. The number of rotatable bonds is 7. The van der Waals surface area contributed by atoms with Gasteiger partial charge < -0.3 is 14.6 Å². The molecule has 1 aliphatic rings. The largest absolute Gasteiger partial charge is 0.478 e. The molecule has 5 nitrogen and oxygen atoms in total. The first-order valence-electron chi connectivity index (χ1n) is 12.0. The average molecular weight is 520 g/mol. The van der Waals surface area contributed by atoms with Crippen LogP contribution >= 0.6 is 23.4 Å². The summed E-state index contributed by atoms with van der Waals surface area (Å²) < 4.78 is 2.33. The molecule has 1 aromatic heterocycles. The van der Waals surface area contributed by atoms with Crippen molar-refractivity contribution < 1.29 is 9.90 Å². The van der Waals surface area contributed by atoms with Crippen LogP contribution in [0.25, 0.3) is 10.9 Å². The van der Waals surface area contributed by atoms with Gasteiger partial charge in [0.2, 0.25) is 0 Å². The normalized spacial score (nSPS) is 14.2. The van der Waals surface area contributed by atoms with E-state index in [0.29, 0.717) is 5.56 Å². The molecule has 3 aromatic carbocycles. The van der Waals surface area contributed by atoms with E-state index in [0.717, 1.165) is 36.8 Å². The second-order valence-corrected chi connectivity index (χ2v) is 10.2. The monoisotopic (exact) mass is 519 g/mol. The number of carboxylic acid groups (broad SMARTS) is 1. The van der Waals surface area contributed by atoms with Crippen LogP contribution < -0.4 is 0 Å². The molecule has 186 valence electrons. The molecule has 36 heavy (non-hydrogen) atoms. The number of hydrogen-bond acceptors (Lipinski definition) is 3. The van der Waals surface area contributed by atoms with Gasteiger partial charge in [-0.05, 0) is 42.3 Å². The Kier molecular flexibility index (Phi) is 9.09. The lowest BCUT2D eigenvalue weighted by Crippen LogP contribution is -2.19. The van der Waals surface area contributed by atoms with Gasteiger partial charge in [-0.3, -0.25) is 4.99 Å². The number of halogens is 1. The molecule has 0 bridgehead atoms. The molecule has 4 aromatic rings. The Labute approximate surface area is 221 Å². The van der Waals surface area contributed by atoms with Gasteiger partial charge in [0.1, 0.15) is 0 Å². The lowest BCUT2D eigenvalue weighted by atomic mass is 10.2. The van der Waals surface area contributed by atoms with Crippen molar-refractivity contribution in [2.75, 3.05) is 25.9 Å². The number of thioether (sulfide) groups is 1. The summed E-state index contributed by atoms with van der Waals surface area (Å²) in [7, 11) is 2.14. The number of benzene rings is 3. The summed E-state index contributed by atoms with van der Waals surface area (Å²) in [5.41, 5.74) is 2.86. The highest BCUT2D eigenvalue weighted by atomic mass is 35.5. The van der Waals surface area contributed by atoms with Crippen LogP contribution in [0.1, 0.15) is 28.8 Å². The van der Waals surface area contributed by atoms with Gasteiger partial charge in [-0.25, -0.2) is 4.79 Å². The molecular formula is C29H30ClN3O2S. The molecule has 5 rings (SSSR count). The molecule has 1 saturated heterocycles. The lowest BCUT2D eigenvalue weighted by Gasteiger charge is -2.10. The minimum absolute atomic E-state index is 0.331. The fourth-order valence-electron chi connectivity index (χ4n) is 4.15. The van der Waals surface area contributed by atoms with Crippen LogP contribution in [0.15, 0.2) is 94.9 Å². The van der Waals surface area contributed by atoms with Gasteiger partial charge in [0.25, 0.3) is 0 Å². The number of hydrogen-bond donors (Lipinski definition) is 1. The Balaban J connectivity index is 0.000000286. The Morgan fingerprint density at radius 1 is 1.03 bits per heavy atom. The third-order valence-corrected chi connectivity index (χ3v) is 7.29. The van der Waals surface area contributed by atoms with Crippen LogP contribution in [0.4, 0.5) is 0 Å². The van der Waals surface area contributed by atoms with Gasteiger partial charge in [0.15, 0.2) is 0 Å². The maximum absolute atomic E-state index is 10.2. The highest BCUT2D eigenvalue weighted by Crippen LogP contribution is 2.30. The molecule has 0 atom stereocenters. The Morgan fingerprint density at radius 3 is 2.42 bits per heavy atom. The summed E-state index contributed by atoms with van der Waals surface area (Å²) in [6.07, 6.45) is 4.64. The van der Waals surface area contributed by atoms with E-state index in [2.05, 4.69) is 59.1 Å². The number of aromatic carboxylic acids is 1. The van der Waals surface area contributed by atoms with E-state index in [1.54, 1.807) is 30.3 Å². The molecule has 1 fully saturated rings. The zero-order chi connectivity index (χ0) is 25.3. The molecule has 0 spiro atoms. The van der Waals surface area contributed by atoms with Crippen LogP contribution in [-0.4, -0.2) is 52.3 Å². The van der Waals surface area contributed by atoms with Crippen molar-refractivity contribution in [1.29, 1.82) is 0 Å². The van der Waals surface area contributed by atoms with E-state index in [4.69, 9.17) is 21.7 Å². The van der Waals surface area contributed by atoms with Gasteiger partial charge in [-0.2, -0.15) is 0 Å². The van der Waals surface area contributed by atoms with Crippen LogP contribution in [0.5, 0.6) is 0 Å². The molecule has 0 saturated carbocycles. The summed E-state index contributed by atoms with van der Waals surface area (Å²) in [6.45, 7) is 2.87. The Hall–Kier alpha value is -3.22. The molecule has 1 aliphatic heterocycles. The predicted molar refractivity (Wildman–Crippen MR) is 151 cm³/mol. The number of aromatic nitrogens is 1. The molecule has 0 aliphatic carbocycles. The summed E-state index contributed by atoms with van der Waals surface area (Å²) >= 11 is 7.92. The van der Waals surface area contributed by atoms with Crippen LogP contribution in [-0.2, 0) is 6.54 Å². The van der Waals surface area contributed by atoms with E-state index in [-0.39, 0.29) is 0 Å². The summed E-state index contributed by atoms with van der Waals surface area (Å²) in [6, 6.07) is 25.0. The van der Waals surface area contributed by atoms with Crippen molar-refractivity contribution in [2.24, 2.45) is 4.99 Å². The number of carbonyl (C=O) groups is 1. The molecule has 1 N–H and O–H groups in total. The number of aliphatic imine (C=N–C) groups is 1. The average Bonchev–Trinajstić information content (AvgIpc) is 3.47. The number of fused-ring (bicyclic) bond motifs is 1. The predicted octanol–water partition coefficient (Wildman–Crippen LogP) is 6.94. The minimum Gasteiger partial charge on any atom is -0.478 e. The number of carboxylic acids is 1. The quantitative estimate of drug-likeness (QED) is 0.212. The molecule has 7 heteroatoms. The number of likely N-dealkylation sites (tertiary alicyclic amines) is 1. The zero-order valence-corrected chi connectivity index (χ0v) is 21.9. The van der Waals surface area contributed by atoms with Crippen molar-refractivity contribution in [3.8, 4) is 0 Å². The first kappa shape index (κ1) is 25.9. The van der Waals surface area contributed by atoms with Crippen molar-refractivity contribution in [1.82, 2.24) is 9.47 Å². The standard InChI is InChI=1S/C22H24ClN3S.C7H6O2/c1-25-13-4-7-22(25)24-12-14-27-21-16-26(20-6-3-2-5-19(20)21)15-17-8-10-18(23)11-9-17;8-7(9)6-4-2-1-3-5-6/h2-3,5-6,8-11,16H,4,7,12-15H2,1H3;1-5H,(H,8,9)/b24-22+;. The van der Waals surface area contributed by atoms with E-state index >= 15 is 0 Å². The third-order valence-electron chi connectivity index (χ3n) is 6.02. The van der Waals surface area contributed by atoms with Crippen molar-refractivity contribution in [3.05, 3.63) is 101 Å². The van der Waals surface area contributed by atoms with E-state index in [9.17, 15) is 4.79 Å². The van der Waals surface area contributed by atoms with Crippen LogP contribution in [0, 0.1) is 0 Å². The van der Waals surface area contributed by atoms with Gasteiger partial charge in [-0.15, -0.1) is 11.8 Å². The lowest BCUT2D eigenvalue weighted by molar-refractivity contribution is 0.0697. The van der Waals surface area contributed by atoms with Crippen LogP contribution in [0.2, 0.25) is 5.02 Å². The second kappa shape index (κ2) is 12.7. The summed E-state index contributed by atoms with van der Waals surface area (Å²) in [4.78, 5) is 18.6. The zero-order valence-electron chi connectivity index (χ0n) is 20.3. The topological polar surface area (TPSA) is 57.8 Å². The summed E-state index contributed by atoms with van der Waals surface area (Å²) in [5.74, 6) is 1.39. The maximum atomic E-state index is 10.2. The highest BCUT2D eigenvalue weighted by molar-refractivity contribution is 7.99. The van der Waals surface area contributed by atoms with E-state index in [1.165, 1.54) is 33.6 Å².